The first-order chi connectivity index (χ1) is 9.65. The van der Waals surface area contributed by atoms with Crippen molar-refractivity contribution < 1.29 is 14.3 Å². The Balaban J connectivity index is 2.16. The molecule has 6 heteroatoms. The molecule has 1 aliphatic heterocycles. The van der Waals surface area contributed by atoms with Crippen molar-refractivity contribution in [1.29, 1.82) is 0 Å². The van der Waals surface area contributed by atoms with E-state index >= 15 is 0 Å². The first kappa shape index (κ1) is 14.6. The number of carbonyl (C=O) groups is 1. The minimum atomic E-state index is -0.268. The molecule has 3 N–H and O–H groups in total. The number of amides is 1. The maximum Gasteiger partial charge on any atom is 0.239 e. The first-order valence-electron chi connectivity index (χ1n) is 6.61. The number of carbonyl (C=O) groups excluding carboxylic acids is 1. The van der Waals surface area contributed by atoms with E-state index in [9.17, 15) is 4.79 Å². The molecule has 1 saturated heterocycles. The van der Waals surface area contributed by atoms with Gasteiger partial charge in [0, 0.05) is 37.5 Å². The highest BCUT2D eigenvalue weighted by Gasteiger charge is 2.29. The number of nitrogens with zero attached hydrogens (tertiary/aromatic N) is 1. The van der Waals surface area contributed by atoms with Crippen LogP contribution in [0.25, 0.3) is 0 Å². The van der Waals surface area contributed by atoms with Gasteiger partial charge in [0.05, 0.1) is 20.3 Å². The Labute approximate surface area is 118 Å². The molecule has 1 aromatic rings. The number of hydrogen-bond acceptors (Lipinski definition) is 5. The Morgan fingerprint density at radius 2 is 2.40 bits per heavy atom. The molecular formula is C14H21N3O3. The van der Waals surface area contributed by atoms with Crippen LogP contribution in [0.1, 0.15) is 5.56 Å². The van der Waals surface area contributed by atoms with Gasteiger partial charge in [-0.1, -0.05) is 6.07 Å². The second kappa shape index (κ2) is 6.58. The van der Waals surface area contributed by atoms with E-state index in [1.165, 1.54) is 0 Å². The minimum absolute atomic E-state index is 0.0286. The standard InChI is InChI=1S/C14H21N3O3/c1-16-14(18)12-9-20-6-5-17(12)8-10-3-4-11(15)7-13(10)19-2/h3-4,7,12H,5-6,8-9,15H2,1-2H3,(H,16,18). The van der Waals surface area contributed by atoms with Gasteiger partial charge in [0.1, 0.15) is 11.8 Å². The SMILES string of the molecule is CNC(=O)C1COCCN1Cc1ccc(N)cc1OC. The molecule has 0 saturated carbocycles. The van der Waals surface area contributed by atoms with Crippen LogP contribution in [0.15, 0.2) is 18.2 Å². The van der Waals surface area contributed by atoms with Crippen LogP contribution in [0.3, 0.4) is 0 Å². The summed E-state index contributed by atoms with van der Waals surface area (Å²) in [5, 5.41) is 2.68. The van der Waals surface area contributed by atoms with Gasteiger partial charge in [-0.05, 0) is 6.07 Å². The lowest BCUT2D eigenvalue weighted by Crippen LogP contribution is -2.52. The lowest BCUT2D eigenvalue weighted by Gasteiger charge is -2.34. The summed E-state index contributed by atoms with van der Waals surface area (Å²) in [6, 6.07) is 5.30. The molecule has 0 radical (unpaired) electrons. The van der Waals surface area contributed by atoms with Gasteiger partial charge in [-0.15, -0.1) is 0 Å². The smallest absolute Gasteiger partial charge is 0.239 e. The van der Waals surface area contributed by atoms with E-state index in [4.69, 9.17) is 15.2 Å². The zero-order chi connectivity index (χ0) is 14.5. The van der Waals surface area contributed by atoms with E-state index in [1.54, 1.807) is 20.2 Å². The van der Waals surface area contributed by atoms with Gasteiger partial charge >= 0.3 is 0 Å². The van der Waals surface area contributed by atoms with E-state index in [1.807, 2.05) is 12.1 Å². The third kappa shape index (κ3) is 3.20. The topological polar surface area (TPSA) is 76.8 Å². The van der Waals surface area contributed by atoms with Crippen LogP contribution in [0, 0.1) is 0 Å². The minimum Gasteiger partial charge on any atom is -0.496 e. The number of nitrogens with one attached hydrogen (secondary N) is 1. The fraction of sp³-hybridized carbons (Fsp3) is 0.500. The number of hydrogen-bond donors (Lipinski definition) is 2. The van der Waals surface area contributed by atoms with Gasteiger partial charge < -0.3 is 20.5 Å². The number of anilines is 1. The predicted octanol–water partition coefficient (Wildman–Crippen LogP) is 0.224. The number of rotatable bonds is 4. The fourth-order valence-corrected chi connectivity index (χ4v) is 2.35. The molecule has 0 aliphatic carbocycles. The van der Waals surface area contributed by atoms with E-state index in [2.05, 4.69) is 10.2 Å². The van der Waals surface area contributed by atoms with Crippen molar-refractivity contribution in [3.05, 3.63) is 23.8 Å². The third-order valence-electron chi connectivity index (χ3n) is 3.47. The number of benzene rings is 1. The van der Waals surface area contributed by atoms with Crippen LogP contribution >= 0.6 is 0 Å². The maximum absolute atomic E-state index is 11.9. The summed E-state index contributed by atoms with van der Waals surface area (Å²) >= 11 is 0. The quantitative estimate of drug-likeness (QED) is 0.771. The largest absolute Gasteiger partial charge is 0.496 e. The van der Waals surface area contributed by atoms with Gasteiger partial charge in [0.15, 0.2) is 0 Å². The number of ether oxygens (including phenoxy) is 2. The summed E-state index contributed by atoms with van der Waals surface area (Å²) in [6.45, 7) is 2.39. The Morgan fingerprint density at radius 3 is 3.10 bits per heavy atom. The highest BCUT2D eigenvalue weighted by molar-refractivity contribution is 5.81. The summed E-state index contributed by atoms with van der Waals surface area (Å²) in [6.07, 6.45) is 0. The molecule has 1 aliphatic rings. The molecule has 2 rings (SSSR count). The summed E-state index contributed by atoms with van der Waals surface area (Å²) < 4.78 is 10.7. The summed E-state index contributed by atoms with van der Waals surface area (Å²) in [7, 11) is 3.26. The number of nitrogen functional groups attached to an aromatic ring is 1. The van der Waals surface area contributed by atoms with Gasteiger partial charge in [-0.3, -0.25) is 9.69 Å². The fourth-order valence-electron chi connectivity index (χ4n) is 2.35. The lowest BCUT2D eigenvalue weighted by molar-refractivity contribution is -0.132. The predicted molar refractivity (Wildman–Crippen MR) is 76.5 cm³/mol. The molecule has 6 nitrogen and oxygen atoms in total. The normalized spacial score (nSPS) is 19.6. The van der Waals surface area contributed by atoms with Crippen molar-refractivity contribution >= 4 is 11.6 Å². The van der Waals surface area contributed by atoms with Crippen LogP contribution in [-0.4, -0.2) is 50.8 Å². The van der Waals surface area contributed by atoms with Gasteiger partial charge in [0.2, 0.25) is 5.91 Å². The van der Waals surface area contributed by atoms with Crippen molar-refractivity contribution in [2.24, 2.45) is 0 Å². The van der Waals surface area contributed by atoms with E-state index < -0.39 is 0 Å². The molecule has 1 heterocycles. The monoisotopic (exact) mass is 279 g/mol. The second-order valence-corrected chi connectivity index (χ2v) is 4.75. The molecule has 0 spiro atoms. The van der Waals surface area contributed by atoms with Crippen molar-refractivity contribution in [2.45, 2.75) is 12.6 Å². The molecular weight excluding hydrogens is 258 g/mol. The second-order valence-electron chi connectivity index (χ2n) is 4.75. The molecule has 1 aromatic carbocycles. The molecule has 1 unspecified atom stereocenters. The average Bonchev–Trinajstić information content (AvgIpc) is 2.48. The van der Waals surface area contributed by atoms with E-state index in [0.717, 1.165) is 11.3 Å². The highest BCUT2D eigenvalue weighted by Crippen LogP contribution is 2.24. The maximum atomic E-state index is 11.9. The van der Waals surface area contributed by atoms with Crippen LogP contribution in [0.2, 0.25) is 0 Å². The van der Waals surface area contributed by atoms with Crippen LogP contribution in [-0.2, 0) is 16.1 Å². The Hall–Kier alpha value is -1.79. The van der Waals surface area contributed by atoms with Crippen LogP contribution < -0.4 is 15.8 Å². The summed E-state index contributed by atoms with van der Waals surface area (Å²) in [5.74, 6) is 0.714. The highest BCUT2D eigenvalue weighted by atomic mass is 16.5. The molecule has 110 valence electrons. The molecule has 1 atom stereocenters. The molecule has 0 aromatic heterocycles. The molecule has 1 fully saturated rings. The number of likely N-dealkylation sites (N-methyl/N-ethyl adjacent to an activating group) is 1. The van der Waals surface area contributed by atoms with Crippen molar-refractivity contribution in [2.75, 3.05) is 39.6 Å². The lowest BCUT2D eigenvalue weighted by atomic mass is 10.1. The van der Waals surface area contributed by atoms with Crippen LogP contribution in [0.4, 0.5) is 5.69 Å². The first-order valence-corrected chi connectivity index (χ1v) is 6.61. The Kier molecular flexibility index (Phi) is 4.81. The van der Waals surface area contributed by atoms with E-state index in [0.29, 0.717) is 32.0 Å². The molecule has 1 amide bonds. The van der Waals surface area contributed by atoms with Crippen molar-refractivity contribution in [1.82, 2.24) is 10.2 Å². The summed E-state index contributed by atoms with van der Waals surface area (Å²) in [5.41, 5.74) is 7.43. The van der Waals surface area contributed by atoms with Crippen LogP contribution in [0.5, 0.6) is 5.75 Å². The number of methoxy groups -OCH3 is 1. The van der Waals surface area contributed by atoms with Gasteiger partial charge in [-0.2, -0.15) is 0 Å². The Morgan fingerprint density at radius 1 is 1.60 bits per heavy atom. The summed E-state index contributed by atoms with van der Waals surface area (Å²) in [4.78, 5) is 14.0. The van der Waals surface area contributed by atoms with Crippen molar-refractivity contribution in [3.8, 4) is 5.75 Å². The van der Waals surface area contributed by atoms with E-state index in [-0.39, 0.29) is 11.9 Å². The zero-order valence-corrected chi connectivity index (χ0v) is 11.9. The Bertz CT molecular complexity index is 479. The number of nitrogens with two attached hydrogens (primary N) is 1. The third-order valence-corrected chi connectivity index (χ3v) is 3.47. The van der Waals surface area contributed by atoms with Gasteiger partial charge in [-0.25, -0.2) is 0 Å². The number of morpholine rings is 1. The molecule has 0 bridgehead atoms. The zero-order valence-electron chi connectivity index (χ0n) is 11.9. The average molecular weight is 279 g/mol. The van der Waals surface area contributed by atoms with Gasteiger partial charge in [0.25, 0.3) is 0 Å². The van der Waals surface area contributed by atoms with Crippen molar-refractivity contribution in [3.63, 3.8) is 0 Å². The molecule has 20 heavy (non-hydrogen) atoms.